The molecule has 4 nitrogen and oxygen atoms in total. The van der Waals surface area contributed by atoms with Crippen molar-refractivity contribution in [3.05, 3.63) is 23.5 Å². The van der Waals surface area contributed by atoms with Crippen LogP contribution in [-0.4, -0.2) is 39.5 Å². The summed E-state index contributed by atoms with van der Waals surface area (Å²) in [4.78, 5) is 8.47. The highest BCUT2D eigenvalue weighted by Crippen LogP contribution is 2.29. The minimum atomic E-state index is 0.698. The number of rotatable bonds is 5. The van der Waals surface area contributed by atoms with Gasteiger partial charge in [-0.05, 0) is 32.2 Å². The van der Waals surface area contributed by atoms with Gasteiger partial charge in [-0.15, -0.1) is 11.3 Å². The van der Waals surface area contributed by atoms with Gasteiger partial charge in [0.1, 0.15) is 0 Å². The molecule has 2 fully saturated rings. The molecule has 2 aromatic heterocycles. The Labute approximate surface area is 117 Å². The third kappa shape index (κ3) is 2.55. The van der Waals surface area contributed by atoms with Crippen molar-refractivity contribution in [2.45, 2.75) is 44.3 Å². The predicted molar refractivity (Wildman–Crippen MR) is 77.5 cm³/mol. The highest BCUT2D eigenvalue weighted by Gasteiger charge is 2.31. The molecule has 1 aliphatic heterocycles. The maximum absolute atomic E-state index is 4.72. The summed E-state index contributed by atoms with van der Waals surface area (Å²) in [5.41, 5.74) is 1.22. The highest BCUT2D eigenvalue weighted by atomic mass is 32.1. The van der Waals surface area contributed by atoms with E-state index in [-0.39, 0.29) is 0 Å². The minimum absolute atomic E-state index is 0.698. The Morgan fingerprint density at radius 3 is 3.11 bits per heavy atom. The number of nitrogens with zero attached hydrogens (tertiary/aromatic N) is 3. The van der Waals surface area contributed by atoms with Crippen molar-refractivity contribution in [1.82, 2.24) is 19.6 Å². The van der Waals surface area contributed by atoms with E-state index < -0.39 is 0 Å². The number of hydrogen-bond donors (Lipinski definition) is 1. The lowest BCUT2D eigenvalue weighted by molar-refractivity contribution is 0.229. The average molecular weight is 276 g/mol. The van der Waals surface area contributed by atoms with Crippen molar-refractivity contribution in [3.63, 3.8) is 0 Å². The molecular weight excluding hydrogens is 256 g/mol. The number of hydrogen-bond acceptors (Lipinski definition) is 4. The summed E-state index contributed by atoms with van der Waals surface area (Å²) in [7, 11) is 0. The largest absolute Gasteiger partial charge is 0.313 e. The second kappa shape index (κ2) is 4.89. The van der Waals surface area contributed by atoms with E-state index in [2.05, 4.69) is 32.4 Å². The first kappa shape index (κ1) is 11.9. The van der Waals surface area contributed by atoms with Crippen molar-refractivity contribution in [1.29, 1.82) is 0 Å². The van der Waals surface area contributed by atoms with Gasteiger partial charge in [-0.2, -0.15) is 0 Å². The Balaban J connectivity index is 1.46. The van der Waals surface area contributed by atoms with Crippen LogP contribution >= 0.6 is 11.3 Å². The lowest BCUT2D eigenvalue weighted by Crippen LogP contribution is -2.38. The van der Waals surface area contributed by atoms with Gasteiger partial charge in [-0.1, -0.05) is 0 Å². The Bertz CT molecular complexity index is 522. The van der Waals surface area contributed by atoms with Crippen LogP contribution in [0.25, 0.3) is 4.96 Å². The molecule has 3 heterocycles. The van der Waals surface area contributed by atoms with E-state index >= 15 is 0 Å². The summed E-state index contributed by atoms with van der Waals surface area (Å²) >= 11 is 1.71. The molecule has 0 amide bonds. The second-order valence-corrected chi connectivity index (χ2v) is 6.65. The fourth-order valence-electron chi connectivity index (χ4n) is 3.04. The molecule has 1 saturated heterocycles. The molecule has 0 spiro atoms. The van der Waals surface area contributed by atoms with Gasteiger partial charge < -0.3 is 5.32 Å². The van der Waals surface area contributed by atoms with Gasteiger partial charge in [-0.25, -0.2) is 4.98 Å². The van der Waals surface area contributed by atoms with Crippen LogP contribution in [0.4, 0.5) is 0 Å². The summed E-state index contributed by atoms with van der Waals surface area (Å²) < 4.78 is 2.14. The summed E-state index contributed by atoms with van der Waals surface area (Å²) in [5, 5.41) is 5.70. The first-order valence-electron chi connectivity index (χ1n) is 7.27. The van der Waals surface area contributed by atoms with Gasteiger partial charge in [0.05, 0.1) is 5.69 Å². The van der Waals surface area contributed by atoms with E-state index in [1.165, 1.54) is 44.5 Å². The zero-order valence-electron chi connectivity index (χ0n) is 11.1. The molecule has 2 aromatic rings. The zero-order chi connectivity index (χ0) is 12.7. The molecule has 1 atom stereocenters. The van der Waals surface area contributed by atoms with E-state index in [1.807, 2.05) is 0 Å². The average Bonchev–Trinajstić information content (AvgIpc) is 2.80. The molecular formula is C14H20N4S. The van der Waals surface area contributed by atoms with Crippen LogP contribution < -0.4 is 5.32 Å². The molecule has 1 saturated carbocycles. The van der Waals surface area contributed by atoms with Crippen molar-refractivity contribution in [2.24, 2.45) is 0 Å². The van der Waals surface area contributed by atoms with Gasteiger partial charge in [0.15, 0.2) is 4.96 Å². The van der Waals surface area contributed by atoms with Crippen molar-refractivity contribution < 1.29 is 0 Å². The third-order valence-electron chi connectivity index (χ3n) is 4.19. The molecule has 4 rings (SSSR count). The zero-order valence-corrected chi connectivity index (χ0v) is 11.9. The van der Waals surface area contributed by atoms with Crippen molar-refractivity contribution in [3.8, 4) is 0 Å². The van der Waals surface area contributed by atoms with Gasteiger partial charge in [-0.3, -0.25) is 9.30 Å². The molecule has 1 aliphatic carbocycles. The van der Waals surface area contributed by atoms with Crippen LogP contribution in [-0.2, 0) is 6.54 Å². The summed E-state index contributed by atoms with van der Waals surface area (Å²) in [6.45, 7) is 3.40. The van der Waals surface area contributed by atoms with Crippen molar-refractivity contribution >= 4 is 16.3 Å². The van der Waals surface area contributed by atoms with E-state index in [4.69, 9.17) is 4.98 Å². The third-order valence-corrected chi connectivity index (χ3v) is 4.96. The van der Waals surface area contributed by atoms with E-state index in [1.54, 1.807) is 11.3 Å². The fourth-order valence-corrected chi connectivity index (χ4v) is 3.76. The number of thiazole rings is 1. The fraction of sp³-hybridized carbons (Fsp3) is 0.643. The normalized spacial score (nSPS) is 23.7. The minimum Gasteiger partial charge on any atom is -0.313 e. The molecule has 0 aromatic carbocycles. The lowest BCUT2D eigenvalue weighted by Gasteiger charge is -2.24. The van der Waals surface area contributed by atoms with Gasteiger partial charge in [0.2, 0.25) is 0 Å². The second-order valence-electron chi connectivity index (χ2n) is 5.78. The maximum Gasteiger partial charge on any atom is 0.193 e. The first-order valence-corrected chi connectivity index (χ1v) is 8.15. The maximum atomic E-state index is 4.72. The van der Waals surface area contributed by atoms with Crippen LogP contribution in [0.5, 0.6) is 0 Å². The molecule has 1 N–H and O–H groups in total. The first-order chi connectivity index (χ1) is 9.38. The van der Waals surface area contributed by atoms with Gasteiger partial charge in [0, 0.05) is 42.9 Å². The molecule has 1 unspecified atom stereocenters. The Hall–Kier alpha value is -0.910. The lowest BCUT2D eigenvalue weighted by atomic mass is 10.2. The quantitative estimate of drug-likeness (QED) is 0.908. The van der Waals surface area contributed by atoms with E-state index in [9.17, 15) is 0 Å². The number of imidazole rings is 1. The summed E-state index contributed by atoms with van der Waals surface area (Å²) in [5.74, 6) is 0. The molecule has 0 radical (unpaired) electrons. The smallest absolute Gasteiger partial charge is 0.193 e. The standard InChI is InChI=1S/C14H20N4S/c1-2-11(15-5-1)8-18(13-3-4-13)10-12-9-17-6-7-19-14(17)16-12/h6-7,9,11,13,15H,1-5,8,10H2. The van der Waals surface area contributed by atoms with Crippen LogP contribution in [0.2, 0.25) is 0 Å². The molecule has 19 heavy (non-hydrogen) atoms. The number of aromatic nitrogens is 2. The molecule has 5 heteroatoms. The van der Waals surface area contributed by atoms with Gasteiger partial charge in [0.25, 0.3) is 0 Å². The van der Waals surface area contributed by atoms with Crippen LogP contribution in [0.3, 0.4) is 0 Å². The Morgan fingerprint density at radius 2 is 2.37 bits per heavy atom. The summed E-state index contributed by atoms with van der Waals surface area (Å²) in [6.07, 6.45) is 9.69. The highest BCUT2D eigenvalue weighted by molar-refractivity contribution is 7.15. The van der Waals surface area contributed by atoms with Crippen LogP contribution in [0.15, 0.2) is 17.8 Å². The van der Waals surface area contributed by atoms with Crippen LogP contribution in [0.1, 0.15) is 31.4 Å². The Kier molecular flexibility index (Phi) is 3.06. The number of fused-ring (bicyclic) bond motifs is 1. The van der Waals surface area contributed by atoms with Gasteiger partial charge >= 0.3 is 0 Å². The molecule has 0 bridgehead atoms. The number of nitrogens with one attached hydrogen (secondary N) is 1. The molecule has 102 valence electrons. The Morgan fingerprint density at radius 1 is 1.42 bits per heavy atom. The van der Waals surface area contributed by atoms with E-state index in [0.29, 0.717) is 6.04 Å². The predicted octanol–water partition coefficient (Wildman–Crippen LogP) is 2.11. The monoisotopic (exact) mass is 276 g/mol. The topological polar surface area (TPSA) is 32.6 Å². The molecule has 2 aliphatic rings. The van der Waals surface area contributed by atoms with E-state index in [0.717, 1.165) is 17.5 Å². The SMILES string of the molecule is c1cn2cc(CN(CC3CCCN3)C3CC3)nc2s1. The van der Waals surface area contributed by atoms with Crippen molar-refractivity contribution in [2.75, 3.05) is 13.1 Å². The van der Waals surface area contributed by atoms with Crippen LogP contribution in [0, 0.1) is 0 Å². The summed E-state index contributed by atoms with van der Waals surface area (Å²) in [6, 6.07) is 1.51.